The monoisotopic (exact) mass is 498 g/mol. The van der Waals surface area contributed by atoms with Crippen molar-refractivity contribution in [1.82, 2.24) is 9.80 Å². The summed E-state index contributed by atoms with van der Waals surface area (Å²) in [5, 5.41) is 0.548. The lowest BCUT2D eigenvalue weighted by Gasteiger charge is -2.28. The number of benzene rings is 2. The van der Waals surface area contributed by atoms with Crippen LogP contribution in [0.5, 0.6) is 11.5 Å². The van der Waals surface area contributed by atoms with E-state index in [9.17, 15) is 4.79 Å². The molecule has 5 nitrogen and oxygen atoms in total. The maximum atomic E-state index is 13.6. The van der Waals surface area contributed by atoms with Crippen LogP contribution in [0, 0.1) is 11.8 Å². The molecule has 6 heteroatoms. The van der Waals surface area contributed by atoms with Crippen LogP contribution in [0.3, 0.4) is 0 Å². The first-order valence-electron chi connectivity index (χ1n) is 13.0. The van der Waals surface area contributed by atoms with E-state index in [2.05, 4.69) is 56.9 Å². The van der Waals surface area contributed by atoms with Gasteiger partial charge < -0.3 is 14.4 Å². The van der Waals surface area contributed by atoms with Gasteiger partial charge in [0.15, 0.2) is 11.5 Å². The van der Waals surface area contributed by atoms with Crippen LogP contribution >= 0.6 is 11.6 Å². The number of nitrogens with zero attached hydrogens (tertiary/aromatic N) is 2. The fraction of sp³-hybridized carbons (Fsp3) is 0.552. The summed E-state index contributed by atoms with van der Waals surface area (Å²) in [6.45, 7) is 13.9. The minimum absolute atomic E-state index is 0.0274. The van der Waals surface area contributed by atoms with Gasteiger partial charge in [-0.3, -0.25) is 9.69 Å². The van der Waals surface area contributed by atoms with E-state index < -0.39 is 0 Å². The average Bonchev–Trinajstić information content (AvgIpc) is 3.14. The molecule has 1 amide bonds. The summed E-state index contributed by atoms with van der Waals surface area (Å²) in [7, 11) is 0. The van der Waals surface area contributed by atoms with Gasteiger partial charge in [0.1, 0.15) is 0 Å². The van der Waals surface area contributed by atoms with Gasteiger partial charge in [-0.15, -0.1) is 0 Å². The number of fused-ring (bicyclic) bond motifs is 1. The zero-order valence-corrected chi connectivity index (χ0v) is 22.3. The van der Waals surface area contributed by atoms with Crippen LogP contribution in [0.4, 0.5) is 0 Å². The molecule has 4 rings (SSSR count). The fourth-order valence-electron chi connectivity index (χ4n) is 4.97. The van der Waals surface area contributed by atoms with Crippen molar-refractivity contribution in [3.8, 4) is 11.5 Å². The van der Waals surface area contributed by atoms with Crippen molar-refractivity contribution in [1.29, 1.82) is 0 Å². The highest BCUT2D eigenvalue weighted by Gasteiger charge is 2.32. The second-order valence-electron chi connectivity index (χ2n) is 10.7. The van der Waals surface area contributed by atoms with E-state index in [-0.39, 0.29) is 11.8 Å². The number of carbonyl (C=O) groups is 1. The highest BCUT2D eigenvalue weighted by atomic mass is 35.5. The summed E-state index contributed by atoms with van der Waals surface area (Å²) in [5.74, 6) is 2.48. The third-order valence-corrected chi connectivity index (χ3v) is 7.09. The van der Waals surface area contributed by atoms with Crippen LogP contribution < -0.4 is 9.47 Å². The second-order valence-corrected chi connectivity index (χ2v) is 11.1. The molecule has 1 fully saturated rings. The molecule has 2 aliphatic rings. The topological polar surface area (TPSA) is 42.0 Å². The molecule has 1 atom stereocenters. The van der Waals surface area contributed by atoms with Gasteiger partial charge in [-0.05, 0) is 53.6 Å². The largest absolute Gasteiger partial charge is 0.489 e. The summed E-state index contributed by atoms with van der Waals surface area (Å²) in [4.78, 5) is 18.1. The van der Waals surface area contributed by atoms with Crippen molar-refractivity contribution >= 4 is 17.5 Å². The van der Waals surface area contributed by atoms with E-state index in [0.29, 0.717) is 48.1 Å². The number of carbonyl (C=O) groups excluding carboxylic acids is 1. The number of hydrogen-bond acceptors (Lipinski definition) is 4. The van der Waals surface area contributed by atoms with Crippen LogP contribution in [0.15, 0.2) is 36.4 Å². The summed E-state index contributed by atoms with van der Waals surface area (Å²) >= 11 is 6.52. The lowest BCUT2D eigenvalue weighted by molar-refractivity contribution is -0.136. The lowest BCUT2D eigenvalue weighted by atomic mass is 10.0. The van der Waals surface area contributed by atoms with Crippen LogP contribution in [-0.4, -0.2) is 48.6 Å². The Morgan fingerprint density at radius 3 is 2.54 bits per heavy atom. The molecule has 2 heterocycles. The molecule has 0 aromatic heterocycles. The number of halogens is 1. The smallest absolute Gasteiger partial charge is 0.227 e. The molecule has 2 aromatic carbocycles. The van der Waals surface area contributed by atoms with E-state index in [4.69, 9.17) is 21.1 Å². The highest BCUT2D eigenvalue weighted by Crippen LogP contribution is 2.38. The minimum Gasteiger partial charge on any atom is -0.489 e. The molecule has 0 unspecified atom stereocenters. The molecular formula is C29H39ClN2O3. The van der Waals surface area contributed by atoms with E-state index in [1.54, 1.807) is 0 Å². The van der Waals surface area contributed by atoms with Gasteiger partial charge in [-0.2, -0.15) is 0 Å². The SMILES string of the molecule is CC(C)CN(Cc1cc(Cl)c2c(c1)OCCCO2)C(=O)[C@@H]1CCN(Cc2ccc(C(C)C)cc2)C1. The van der Waals surface area contributed by atoms with Crippen molar-refractivity contribution in [2.24, 2.45) is 11.8 Å². The zero-order valence-electron chi connectivity index (χ0n) is 21.6. The molecule has 2 aliphatic heterocycles. The van der Waals surface area contributed by atoms with Gasteiger partial charge in [0, 0.05) is 32.6 Å². The summed E-state index contributed by atoms with van der Waals surface area (Å²) in [5.41, 5.74) is 3.65. The van der Waals surface area contributed by atoms with Gasteiger partial charge in [-0.1, -0.05) is 63.6 Å². The van der Waals surface area contributed by atoms with Gasteiger partial charge in [0.2, 0.25) is 5.91 Å². The van der Waals surface area contributed by atoms with Crippen LogP contribution in [0.1, 0.15) is 63.1 Å². The summed E-state index contributed by atoms with van der Waals surface area (Å²) in [6, 6.07) is 12.8. The summed E-state index contributed by atoms with van der Waals surface area (Å²) in [6.07, 6.45) is 1.73. The Hall–Kier alpha value is -2.24. The Morgan fingerprint density at radius 2 is 1.83 bits per heavy atom. The Balaban J connectivity index is 1.42. The Kier molecular flexibility index (Phi) is 8.61. The molecule has 0 bridgehead atoms. The minimum atomic E-state index is 0.0274. The zero-order chi connectivity index (χ0) is 24.9. The van der Waals surface area contributed by atoms with Gasteiger partial charge in [0.25, 0.3) is 0 Å². The quantitative estimate of drug-likeness (QED) is 0.439. The molecule has 0 radical (unpaired) electrons. The van der Waals surface area contributed by atoms with Gasteiger partial charge >= 0.3 is 0 Å². The first-order chi connectivity index (χ1) is 16.8. The first-order valence-corrected chi connectivity index (χ1v) is 13.4. The number of likely N-dealkylation sites (tertiary alicyclic amines) is 1. The Labute approximate surface area is 215 Å². The number of amides is 1. The Morgan fingerprint density at radius 1 is 1.09 bits per heavy atom. The van der Waals surface area contributed by atoms with Crippen molar-refractivity contribution in [2.75, 3.05) is 32.8 Å². The van der Waals surface area contributed by atoms with E-state index in [0.717, 1.165) is 44.6 Å². The van der Waals surface area contributed by atoms with Crippen molar-refractivity contribution in [3.63, 3.8) is 0 Å². The molecule has 0 N–H and O–H groups in total. The van der Waals surface area contributed by atoms with Crippen LogP contribution in [0.25, 0.3) is 0 Å². The lowest BCUT2D eigenvalue weighted by Crippen LogP contribution is -2.39. The van der Waals surface area contributed by atoms with Crippen molar-refractivity contribution in [2.45, 2.75) is 59.5 Å². The maximum Gasteiger partial charge on any atom is 0.227 e. The number of hydrogen-bond donors (Lipinski definition) is 0. The molecule has 2 aromatic rings. The number of ether oxygens (including phenoxy) is 2. The van der Waals surface area contributed by atoms with Crippen LogP contribution in [0.2, 0.25) is 5.02 Å². The molecular weight excluding hydrogens is 460 g/mol. The first kappa shape index (κ1) is 25.8. The fourth-order valence-corrected chi connectivity index (χ4v) is 5.26. The normalized spacial score (nSPS) is 18.2. The molecule has 190 valence electrons. The maximum absolute atomic E-state index is 13.6. The molecule has 0 aliphatic carbocycles. The van der Waals surface area contributed by atoms with Gasteiger partial charge in [0.05, 0.1) is 24.2 Å². The second kappa shape index (κ2) is 11.7. The standard InChI is InChI=1S/C29H39ClN2O3/c1-20(2)16-32(18-23-14-26(30)28-27(15-23)34-12-5-13-35-28)29(33)25-10-11-31(19-25)17-22-6-8-24(9-7-22)21(3)4/h6-9,14-15,20-21,25H,5,10-13,16-19H2,1-4H3/t25-/m1/s1. The molecule has 35 heavy (non-hydrogen) atoms. The van der Waals surface area contributed by atoms with Crippen molar-refractivity contribution < 1.29 is 14.3 Å². The van der Waals surface area contributed by atoms with Gasteiger partial charge in [-0.25, -0.2) is 0 Å². The summed E-state index contributed by atoms with van der Waals surface area (Å²) < 4.78 is 11.6. The van der Waals surface area contributed by atoms with E-state index in [1.165, 1.54) is 11.1 Å². The average molecular weight is 499 g/mol. The van der Waals surface area contributed by atoms with Crippen molar-refractivity contribution in [3.05, 3.63) is 58.1 Å². The number of rotatable bonds is 8. The predicted molar refractivity (Wildman–Crippen MR) is 141 cm³/mol. The third kappa shape index (κ3) is 6.71. The van der Waals surface area contributed by atoms with Crippen LogP contribution in [-0.2, 0) is 17.9 Å². The van der Waals surface area contributed by atoms with E-state index >= 15 is 0 Å². The highest BCUT2D eigenvalue weighted by molar-refractivity contribution is 6.32. The molecule has 1 saturated heterocycles. The Bertz CT molecular complexity index is 1010. The molecule has 0 saturated carbocycles. The predicted octanol–water partition coefficient (Wildman–Crippen LogP) is 6.13. The molecule has 0 spiro atoms. The third-order valence-electron chi connectivity index (χ3n) is 6.81. The van der Waals surface area contributed by atoms with E-state index in [1.807, 2.05) is 17.0 Å².